The van der Waals surface area contributed by atoms with Gasteiger partial charge in [0.2, 0.25) is 5.91 Å². The lowest BCUT2D eigenvalue weighted by atomic mass is 10.1. The second-order valence-corrected chi connectivity index (χ2v) is 7.96. The Hall–Kier alpha value is -1.57. The molecule has 0 unspecified atom stereocenters. The number of hydrogen-bond acceptors (Lipinski definition) is 5. The number of primary amides is 1. The van der Waals surface area contributed by atoms with Gasteiger partial charge in [-0.2, -0.15) is 14.0 Å². The molecule has 1 heterocycles. The molecule has 7 nitrogen and oxygen atoms in total. The molecule has 0 aliphatic rings. The molecule has 1 aromatic heterocycles. The topological polar surface area (TPSA) is 134 Å². The van der Waals surface area contributed by atoms with Gasteiger partial charge in [0.25, 0.3) is 0 Å². The van der Waals surface area contributed by atoms with Gasteiger partial charge in [0, 0.05) is 15.4 Å². The summed E-state index contributed by atoms with van der Waals surface area (Å²) in [6, 6.07) is 4.05. The smallest absolute Gasteiger partial charge is 0.400 e. The van der Waals surface area contributed by atoms with Crippen molar-refractivity contribution in [3.8, 4) is 11.8 Å². The molecular formula is C12H8BrF2N2O5PS. The van der Waals surface area contributed by atoms with E-state index < -0.39 is 30.7 Å². The fourth-order valence-corrected chi connectivity index (χ4v) is 4.80. The molecule has 0 bridgehead atoms. The van der Waals surface area contributed by atoms with E-state index in [9.17, 15) is 18.1 Å². The van der Waals surface area contributed by atoms with Crippen LogP contribution >= 0.6 is 34.9 Å². The van der Waals surface area contributed by atoms with E-state index in [1.165, 1.54) is 12.1 Å². The van der Waals surface area contributed by atoms with Crippen molar-refractivity contribution in [3.63, 3.8) is 0 Å². The van der Waals surface area contributed by atoms with E-state index in [0.29, 0.717) is 11.3 Å². The third-order valence-corrected chi connectivity index (χ3v) is 6.39. The summed E-state index contributed by atoms with van der Waals surface area (Å²) in [5.74, 6) is -0.929. The van der Waals surface area contributed by atoms with E-state index in [2.05, 4.69) is 15.9 Å². The monoisotopic (exact) mass is 440 g/mol. The Kier molecular flexibility index (Phi) is 4.99. The second kappa shape index (κ2) is 6.38. The number of halogens is 3. The molecular weight excluding hydrogens is 433 g/mol. The maximum absolute atomic E-state index is 14.0. The minimum Gasteiger partial charge on any atom is -0.477 e. The third-order valence-electron chi connectivity index (χ3n) is 2.91. The number of benzene rings is 1. The number of carbonyl (C=O) groups excluding carboxylic acids is 1. The van der Waals surface area contributed by atoms with E-state index in [1.807, 2.05) is 0 Å². The SMILES string of the molecule is N#CCOc1cc(C(N)=O)cc2c(Br)c(C(F)(F)P(=O)(O)O)sc12. The Morgan fingerprint density at radius 1 is 1.50 bits per heavy atom. The first-order chi connectivity index (χ1) is 11.0. The Bertz CT molecular complexity index is 920. The molecule has 0 aliphatic heterocycles. The van der Waals surface area contributed by atoms with Crippen LogP contribution in [-0.2, 0) is 10.2 Å². The lowest BCUT2D eigenvalue weighted by Gasteiger charge is -2.16. The van der Waals surface area contributed by atoms with Gasteiger partial charge in [0.15, 0.2) is 6.61 Å². The van der Waals surface area contributed by atoms with Crippen molar-refractivity contribution in [1.29, 1.82) is 5.26 Å². The third kappa shape index (κ3) is 3.16. The predicted molar refractivity (Wildman–Crippen MR) is 85.1 cm³/mol. The molecule has 1 aromatic carbocycles. The first-order valence-corrected chi connectivity index (χ1v) is 9.22. The molecule has 4 N–H and O–H groups in total. The number of thiophene rings is 1. The van der Waals surface area contributed by atoms with Crippen molar-refractivity contribution in [1.82, 2.24) is 0 Å². The largest absolute Gasteiger partial charge is 0.477 e. The number of nitriles is 1. The van der Waals surface area contributed by atoms with Gasteiger partial charge in [0.1, 0.15) is 16.7 Å². The van der Waals surface area contributed by atoms with Crippen molar-refractivity contribution in [2.24, 2.45) is 5.73 Å². The van der Waals surface area contributed by atoms with Gasteiger partial charge in [-0.25, -0.2) is 0 Å². The zero-order valence-corrected chi connectivity index (χ0v) is 14.8. The van der Waals surface area contributed by atoms with E-state index >= 15 is 0 Å². The van der Waals surface area contributed by atoms with Crippen LogP contribution < -0.4 is 10.5 Å². The summed E-state index contributed by atoms with van der Waals surface area (Å²) in [4.78, 5) is 28.2. The minimum atomic E-state index is -5.78. The lowest BCUT2D eigenvalue weighted by Crippen LogP contribution is -2.12. The highest BCUT2D eigenvalue weighted by molar-refractivity contribution is 9.10. The number of rotatable bonds is 5. The van der Waals surface area contributed by atoms with Crippen LogP contribution in [0.4, 0.5) is 8.78 Å². The highest BCUT2D eigenvalue weighted by Gasteiger charge is 2.53. The van der Waals surface area contributed by atoms with Gasteiger partial charge >= 0.3 is 13.3 Å². The molecule has 2 aromatic rings. The highest BCUT2D eigenvalue weighted by Crippen LogP contribution is 2.63. The zero-order chi connectivity index (χ0) is 18.3. The maximum atomic E-state index is 14.0. The van der Waals surface area contributed by atoms with Crippen molar-refractivity contribution in [2.45, 2.75) is 5.66 Å². The van der Waals surface area contributed by atoms with E-state index in [0.717, 1.165) is 0 Å². The van der Waals surface area contributed by atoms with E-state index in [1.54, 1.807) is 6.07 Å². The number of alkyl halides is 2. The van der Waals surface area contributed by atoms with Gasteiger partial charge in [-0.1, -0.05) is 0 Å². The number of nitrogens with zero attached hydrogens (tertiary/aromatic N) is 1. The number of ether oxygens (including phenoxy) is 1. The average Bonchev–Trinajstić information content (AvgIpc) is 2.81. The Balaban J connectivity index is 2.80. The fourth-order valence-electron chi connectivity index (χ4n) is 1.82. The quantitative estimate of drug-likeness (QED) is 0.612. The molecule has 2 rings (SSSR count). The van der Waals surface area contributed by atoms with Crippen molar-refractivity contribution >= 4 is 50.9 Å². The van der Waals surface area contributed by atoms with Crippen LogP contribution in [0.15, 0.2) is 16.6 Å². The molecule has 24 heavy (non-hydrogen) atoms. The summed E-state index contributed by atoms with van der Waals surface area (Å²) >= 11 is 3.26. The van der Waals surface area contributed by atoms with Gasteiger partial charge in [-0.3, -0.25) is 9.36 Å². The predicted octanol–water partition coefficient (Wildman–Crippen LogP) is 2.89. The summed E-state index contributed by atoms with van der Waals surface area (Å²) in [6.07, 6.45) is 0. The maximum Gasteiger partial charge on any atom is 0.400 e. The molecule has 0 saturated carbocycles. The molecule has 0 aliphatic carbocycles. The van der Waals surface area contributed by atoms with Gasteiger partial charge in [-0.15, -0.1) is 11.3 Å². The van der Waals surface area contributed by atoms with Crippen molar-refractivity contribution in [3.05, 3.63) is 27.0 Å². The Labute approximate surface area is 145 Å². The number of hydrogen-bond donors (Lipinski definition) is 3. The number of fused-ring (bicyclic) bond motifs is 1. The molecule has 1 amide bonds. The number of amides is 1. The molecule has 0 fully saturated rings. The van der Waals surface area contributed by atoms with Gasteiger partial charge < -0.3 is 20.3 Å². The van der Waals surface area contributed by atoms with Crippen LogP contribution in [0.5, 0.6) is 5.75 Å². The second-order valence-electron chi connectivity index (χ2n) is 4.49. The fraction of sp³-hybridized carbons (Fsp3) is 0.167. The molecule has 0 saturated heterocycles. The summed E-state index contributed by atoms with van der Waals surface area (Å²) in [7, 11) is -5.78. The van der Waals surface area contributed by atoms with Crippen LogP contribution in [0.1, 0.15) is 15.2 Å². The number of nitrogens with two attached hydrogens (primary N) is 1. The average molecular weight is 441 g/mol. The van der Waals surface area contributed by atoms with Crippen LogP contribution in [-0.4, -0.2) is 22.3 Å². The van der Waals surface area contributed by atoms with E-state index in [4.69, 9.17) is 25.5 Å². The van der Waals surface area contributed by atoms with Crippen LogP contribution in [0.2, 0.25) is 0 Å². The van der Waals surface area contributed by atoms with Crippen LogP contribution in [0, 0.1) is 11.3 Å². The highest BCUT2D eigenvalue weighted by atomic mass is 79.9. The summed E-state index contributed by atoms with van der Waals surface area (Å²) < 4.78 is 44.1. The molecule has 0 radical (unpaired) electrons. The Morgan fingerprint density at radius 2 is 2.12 bits per heavy atom. The normalized spacial score (nSPS) is 12.2. The van der Waals surface area contributed by atoms with Crippen LogP contribution in [0.3, 0.4) is 0 Å². The molecule has 128 valence electrons. The number of carbonyl (C=O) groups is 1. The van der Waals surface area contributed by atoms with E-state index in [-0.39, 0.29) is 25.9 Å². The van der Waals surface area contributed by atoms with Gasteiger partial charge in [0.05, 0.1) is 4.70 Å². The van der Waals surface area contributed by atoms with Crippen molar-refractivity contribution in [2.75, 3.05) is 6.61 Å². The molecule has 0 atom stereocenters. The van der Waals surface area contributed by atoms with Gasteiger partial charge in [-0.05, 0) is 28.1 Å². The summed E-state index contributed by atoms with van der Waals surface area (Å²) in [5.41, 5.74) is 0.665. The molecule has 12 heteroatoms. The zero-order valence-electron chi connectivity index (χ0n) is 11.5. The Morgan fingerprint density at radius 3 is 2.62 bits per heavy atom. The standard InChI is InChI=1S/C12H8BrF2N2O5PS/c13-8-6-3-5(11(17)18)4-7(22-2-1-16)9(6)24-10(8)12(14,15)23(19,20)21/h3-4H,2H2,(H2,17,18)(H2,19,20,21). The minimum absolute atomic E-state index is 0.0624. The summed E-state index contributed by atoms with van der Waals surface area (Å²) in [5, 5.41) is 8.64. The lowest BCUT2D eigenvalue weighted by molar-refractivity contribution is 0.0595. The first-order valence-electron chi connectivity index (χ1n) is 6.00. The van der Waals surface area contributed by atoms with Crippen LogP contribution in [0.25, 0.3) is 10.1 Å². The summed E-state index contributed by atoms with van der Waals surface area (Å²) in [6.45, 7) is -0.420. The first kappa shape index (κ1) is 18.8. The molecule has 0 spiro atoms. The van der Waals surface area contributed by atoms with Crippen molar-refractivity contribution < 1.29 is 32.7 Å².